The fourth-order valence-electron chi connectivity index (χ4n) is 1.85. The molecule has 2 rings (SSSR count). The van der Waals surface area contributed by atoms with Gasteiger partial charge in [-0.2, -0.15) is 0 Å². The first kappa shape index (κ1) is 13.8. The van der Waals surface area contributed by atoms with Crippen molar-refractivity contribution >= 4 is 28.6 Å². The van der Waals surface area contributed by atoms with E-state index in [1.807, 2.05) is 13.8 Å². The lowest BCUT2D eigenvalue weighted by Gasteiger charge is -2.20. The minimum absolute atomic E-state index is 0.00540. The predicted molar refractivity (Wildman–Crippen MR) is 71.9 cm³/mol. The normalized spacial score (nSPS) is 12.6. The second-order valence-corrected chi connectivity index (χ2v) is 4.51. The van der Waals surface area contributed by atoms with E-state index in [1.54, 1.807) is 18.2 Å². The van der Waals surface area contributed by atoms with Crippen molar-refractivity contribution < 1.29 is 14.3 Å². The number of amides is 1. The average Bonchev–Trinajstić information content (AvgIpc) is 2.81. The molecule has 1 aromatic heterocycles. The molecule has 102 valence electrons. The van der Waals surface area contributed by atoms with E-state index >= 15 is 0 Å². The van der Waals surface area contributed by atoms with E-state index in [0.29, 0.717) is 29.2 Å². The topological polar surface area (TPSA) is 66.6 Å². The summed E-state index contributed by atoms with van der Waals surface area (Å²) in [5.74, 6) is -0.420. The Labute approximate surface area is 115 Å². The number of benzene rings is 1. The number of carbonyl (C=O) groups is 1. The van der Waals surface area contributed by atoms with Crippen LogP contribution in [0.15, 0.2) is 22.6 Å². The fourth-order valence-corrected chi connectivity index (χ4v) is 2.01. The van der Waals surface area contributed by atoms with Crippen molar-refractivity contribution in [2.24, 2.45) is 0 Å². The number of likely N-dealkylation sites (N-methyl/N-ethyl adjacent to an activating group) is 1. The molecule has 0 aliphatic rings. The Bertz CT molecular complexity index is 593. The number of oxazole rings is 1. The van der Waals surface area contributed by atoms with Crippen molar-refractivity contribution in [3.05, 3.63) is 29.1 Å². The molecule has 0 saturated heterocycles. The van der Waals surface area contributed by atoms with Gasteiger partial charge in [-0.05, 0) is 26.0 Å². The number of nitrogens with zero attached hydrogens (tertiary/aromatic N) is 2. The van der Waals surface area contributed by atoms with Crippen LogP contribution < -0.4 is 0 Å². The highest BCUT2D eigenvalue weighted by Crippen LogP contribution is 2.24. The Morgan fingerprint density at radius 1 is 1.47 bits per heavy atom. The third kappa shape index (κ3) is 2.72. The minimum Gasteiger partial charge on any atom is -0.437 e. The lowest BCUT2D eigenvalue weighted by Crippen LogP contribution is -2.34. The second-order valence-electron chi connectivity index (χ2n) is 4.08. The monoisotopic (exact) mass is 282 g/mol. The van der Waals surface area contributed by atoms with Crippen molar-refractivity contribution in [1.29, 1.82) is 0 Å². The molecule has 0 radical (unpaired) electrons. The van der Waals surface area contributed by atoms with E-state index in [9.17, 15) is 9.90 Å². The summed E-state index contributed by atoms with van der Waals surface area (Å²) >= 11 is 5.84. The SMILES string of the molecule is CCN(CC)C(=O)C(O)c1nc2ccc(Cl)cc2o1. The molecule has 0 saturated carbocycles. The quantitative estimate of drug-likeness (QED) is 0.935. The minimum atomic E-state index is -1.38. The molecule has 19 heavy (non-hydrogen) atoms. The number of aliphatic hydroxyl groups excluding tert-OH is 1. The smallest absolute Gasteiger partial charge is 0.261 e. The summed E-state index contributed by atoms with van der Waals surface area (Å²) in [7, 11) is 0. The van der Waals surface area contributed by atoms with Gasteiger partial charge in [0, 0.05) is 24.2 Å². The molecule has 0 bridgehead atoms. The highest BCUT2D eigenvalue weighted by atomic mass is 35.5. The number of aliphatic hydroxyl groups is 1. The Morgan fingerprint density at radius 3 is 2.79 bits per heavy atom. The van der Waals surface area contributed by atoms with Gasteiger partial charge in [0.05, 0.1) is 0 Å². The molecular formula is C13H15ClN2O3. The number of halogens is 1. The average molecular weight is 283 g/mol. The van der Waals surface area contributed by atoms with Crippen LogP contribution in [0.1, 0.15) is 25.8 Å². The van der Waals surface area contributed by atoms with E-state index in [2.05, 4.69) is 4.98 Å². The summed E-state index contributed by atoms with van der Waals surface area (Å²) in [6.45, 7) is 4.75. The zero-order valence-electron chi connectivity index (χ0n) is 10.8. The molecule has 2 aromatic rings. The maximum absolute atomic E-state index is 12.0. The molecule has 0 spiro atoms. The molecule has 0 aliphatic carbocycles. The number of rotatable bonds is 4. The Kier molecular flexibility index (Phi) is 4.07. The van der Waals surface area contributed by atoms with E-state index in [-0.39, 0.29) is 5.89 Å². The third-order valence-electron chi connectivity index (χ3n) is 2.91. The zero-order valence-corrected chi connectivity index (χ0v) is 11.5. The molecule has 1 heterocycles. The van der Waals surface area contributed by atoms with Crippen molar-refractivity contribution in [3.8, 4) is 0 Å². The van der Waals surface area contributed by atoms with Gasteiger partial charge < -0.3 is 14.4 Å². The van der Waals surface area contributed by atoms with Crippen molar-refractivity contribution in [2.75, 3.05) is 13.1 Å². The van der Waals surface area contributed by atoms with Crippen LogP contribution >= 0.6 is 11.6 Å². The lowest BCUT2D eigenvalue weighted by atomic mass is 10.3. The van der Waals surface area contributed by atoms with Gasteiger partial charge in [-0.15, -0.1) is 0 Å². The fraction of sp³-hybridized carbons (Fsp3) is 0.385. The van der Waals surface area contributed by atoms with Crippen molar-refractivity contribution in [2.45, 2.75) is 20.0 Å². The van der Waals surface area contributed by atoms with Gasteiger partial charge >= 0.3 is 0 Å². The summed E-state index contributed by atoms with van der Waals surface area (Å²) in [4.78, 5) is 17.6. The summed E-state index contributed by atoms with van der Waals surface area (Å²) in [5.41, 5.74) is 1.01. The molecule has 1 unspecified atom stereocenters. The first-order valence-corrected chi connectivity index (χ1v) is 6.47. The van der Waals surface area contributed by atoms with Crippen molar-refractivity contribution in [3.63, 3.8) is 0 Å². The van der Waals surface area contributed by atoms with Crippen LogP contribution in [0.3, 0.4) is 0 Å². The third-order valence-corrected chi connectivity index (χ3v) is 3.15. The van der Waals surface area contributed by atoms with E-state index in [4.69, 9.17) is 16.0 Å². The Hall–Kier alpha value is -1.59. The van der Waals surface area contributed by atoms with Crippen LogP contribution in [0.2, 0.25) is 5.02 Å². The van der Waals surface area contributed by atoms with Gasteiger partial charge in [0.1, 0.15) is 5.52 Å². The first-order valence-electron chi connectivity index (χ1n) is 6.09. The summed E-state index contributed by atoms with van der Waals surface area (Å²) in [6, 6.07) is 4.95. The van der Waals surface area contributed by atoms with Gasteiger partial charge in [0.15, 0.2) is 5.58 Å². The largest absolute Gasteiger partial charge is 0.437 e. The maximum atomic E-state index is 12.0. The van der Waals surface area contributed by atoms with E-state index in [0.717, 1.165) is 0 Å². The van der Waals surface area contributed by atoms with Crippen LogP contribution in [-0.4, -0.2) is 34.0 Å². The van der Waals surface area contributed by atoms with Gasteiger partial charge in [-0.3, -0.25) is 4.79 Å². The van der Waals surface area contributed by atoms with Gasteiger partial charge in [0.25, 0.3) is 5.91 Å². The highest BCUT2D eigenvalue weighted by Gasteiger charge is 2.26. The zero-order chi connectivity index (χ0) is 14.0. The predicted octanol–water partition coefficient (Wildman–Crippen LogP) is 2.38. The van der Waals surface area contributed by atoms with Gasteiger partial charge in [-0.1, -0.05) is 11.6 Å². The number of fused-ring (bicyclic) bond motifs is 1. The van der Waals surface area contributed by atoms with Crippen molar-refractivity contribution in [1.82, 2.24) is 9.88 Å². The van der Waals surface area contributed by atoms with Gasteiger partial charge in [0.2, 0.25) is 12.0 Å². The van der Waals surface area contributed by atoms with Gasteiger partial charge in [-0.25, -0.2) is 4.98 Å². The van der Waals surface area contributed by atoms with E-state index < -0.39 is 12.0 Å². The van der Waals surface area contributed by atoms with Crippen LogP contribution in [-0.2, 0) is 4.79 Å². The molecule has 1 amide bonds. The summed E-state index contributed by atoms with van der Waals surface area (Å²) < 4.78 is 5.38. The Balaban J connectivity index is 2.30. The molecule has 6 heteroatoms. The summed E-state index contributed by atoms with van der Waals surface area (Å²) in [5, 5.41) is 10.5. The van der Waals surface area contributed by atoms with Crippen LogP contribution in [0.5, 0.6) is 0 Å². The first-order chi connectivity index (χ1) is 9.06. The summed E-state index contributed by atoms with van der Waals surface area (Å²) in [6.07, 6.45) is -1.38. The molecule has 0 fully saturated rings. The van der Waals surface area contributed by atoms with Crippen LogP contribution in [0.25, 0.3) is 11.1 Å². The van der Waals surface area contributed by atoms with Crippen LogP contribution in [0.4, 0.5) is 0 Å². The number of hydrogen-bond donors (Lipinski definition) is 1. The molecular weight excluding hydrogens is 268 g/mol. The molecule has 1 N–H and O–H groups in total. The number of carbonyl (C=O) groups excluding carboxylic acids is 1. The highest BCUT2D eigenvalue weighted by molar-refractivity contribution is 6.31. The van der Waals surface area contributed by atoms with Crippen LogP contribution in [0, 0.1) is 0 Å². The molecule has 5 nitrogen and oxygen atoms in total. The number of hydrogen-bond acceptors (Lipinski definition) is 4. The number of aromatic nitrogens is 1. The second kappa shape index (κ2) is 5.59. The standard InChI is InChI=1S/C13H15ClN2O3/c1-3-16(4-2)13(18)11(17)12-15-9-6-5-8(14)7-10(9)19-12/h5-7,11,17H,3-4H2,1-2H3. The Morgan fingerprint density at radius 2 is 2.16 bits per heavy atom. The van der Waals surface area contributed by atoms with E-state index in [1.165, 1.54) is 4.90 Å². The maximum Gasteiger partial charge on any atom is 0.261 e. The molecule has 1 atom stereocenters. The molecule has 1 aromatic carbocycles. The molecule has 0 aliphatic heterocycles. The lowest BCUT2D eigenvalue weighted by molar-refractivity contribution is -0.141.